The first-order valence-corrected chi connectivity index (χ1v) is 10.1. The molecule has 2 heterocycles. The number of urea groups is 1. The lowest BCUT2D eigenvalue weighted by Gasteiger charge is -2.13. The first-order valence-electron chi connectivity index (χ1n) is 10.1. The molecule has 0 bridgehead atoms. The molecule has 0 aliphatic rings. The van der Waals surface area contributed by atoms with E-state index >= 15 is 0 Å². The number of pyridine rings is 1. The van der Waals surface area contributed by atoms with Crippen molar-refractivity contribution in [2.45, 2.75) is 26.9 Å². The quantitative estimate of drug-likeness (QED) is 0.461. The standard InChI is InChI=1S/C23H24N6O2/c1-14(2)13-29-18(12-25-23(31)28-22(30)15-8-4-3-5-9-15)27-19-20(29)16-10-6-7-11-17(16)26-21(19)24/h3-11,14H,12-13H2,1-2H3,(H2,24,26)(H2,25,28,30,31). The summed E-state index contributed by atoms with van der Waals surface area (Å²) in [5.41, 5.74) is 8.90. The molecule has 0 atom stereocenters. The minimum Gasteiger partial charge on any atom is -0.382 e. The molecule has 3 amide bonds. The van der Waals surface area contributed by atoms with Crippen LogP contribution in [0.2, 0.25) is 0 Å². The molecule has 8 heteroatoms. The van der Waals surface area contributed by atoms with Crippen LogP contribution in [0.5, 0.6) is 0 Å². The van der Waals surface area contributed by atoms with E-state index in [0.29, 0.717) is 35.2 Å². The fourth-order valence-electron chi connectivity index (χ4n) is 3.57. The van der Waals surface area contributed by atoms with Crippen LogP contribution < -0.4 is 16.4 Å². The summed E-state index contributed by atoms with van der Waals surface area (Å²) in [4.78, 5) is 33.6. The van der Waals surface area contributed by atoms with Crippen molar-refractivity contribution in [3.63, 3.8) is 0 Å². The number of nitrogen functional groups attached to an aromatic ring is 1. The number of anilines is 1. The van der Waals surface area contributed by atoms with E-state index < -0.39 is 11.9 Å². The molecule has 0 spiro atoms. The largest absolute Gasteiger partial charge is 0.382 e. The van der Waals surface area contributed by atoms with Crippen LogP contribution >= 0.6 is 0 Å². The molecule has 8 nitrogen and oxygen atoms in total. The van der Waals surface area contributed by atoms with Crippen molar-refractivity contribution in [3.05, 3.63) is 66.0 Å². The fourth-order valence-corrected chi connectivity index (χ4v) is 3.57. The Morgan fingerprint density at radius 1 is 1.03 bits per heavy atom. The Labute approximate surface area is 179 Å². The maximum atomic E-state index is 12.3. The van der Waals surface area contributed by atoms with Gasteiger partial charge in [0.05, 0.1) is 17.6 Å². The van der Waals surface area contributed by atoms with E-state index in [1.54, 1.807) is 30.3 Å². The maximum absolute atomic E-state index is 12.3. The summed E-state index contributed by atoms with van der Waals surface area (Å²) in [5.74, 6) is 0.878. The Morgan fingerprint density at radius 2 is 1.74 bits per heavy atom. The molecule has 4 rings (SSSR count). The highest BCUT2D eigenvalue weighted by Crippen LogP contribution is 2.29. The molecule has 0 saturated carbocycles. The second-order valence-corrected chi connectivity index (χ2v) is 7.75. The topological polar surface area (TPSA) is 115 Å². The van der Waals surface area contributed by atoms with Gasteiger partial charge in [0.15, 0.2) is 5.82 Å². The number of benzene rings is 2. The van der Waals surface area contributed by atoms with Crippen LogP contribution in [0, 0.1) is 5.92 Å². The van der Waals surface area contributed by atoms with Crippen molar-refractivity contribution >= 4 is 39.7 Å². The van der Waals surface area contributed by atoms with Crippen LogP contribution in [0.25, 0.3) is 21.9 Å². The highest BCUT2D eigenvalue weighted by atomic mass is 16.2. The van der Waals surface area contributed by atoms with Crippen molar-refractivity contribution in [1.82, 2.24) is 25.2 Å². The molecule has 4 N–H and O–H groups in total. The number of aromatic nitrogens is 3. The van der Waals surface area contributed by atoms with E-state index in [1.165, 1.54) is 0 Å². The molecule has 0 fully saturated rings. The monoisotopic (exact) mass is 416 g/mol. The number of rotatable bonds is 5. The molecule has 0 saturated heterocycles. The molecule has 31 heavy (non-hydrogen) atoms. The van der Waals surface area contributed by atoms with Crippen molar-refractivity contribution in [2.24, 2.45) is 5.92 Å². The number of nitrogens with one attached hydrogen (secondary N) is 2. The lowest BCUT2D eigenvalue weighted by molar-refractivity contribution is 0.0964. The average molecular weight is 416 g/mol. The highest BCUT2D eigenvalue weighted by Gasteiger charge is 2.19. The number of hydrogen-bond donors (Lipinski definition) is 3. The summed E-state index contributed by atoms with van der Waals surface area (Å²) in [7, 11) is 0. The second-order valence-electron chi connectivity index (χ2n) is 7.75. The van der Waals surface area contributed by atoms with Crippen LogP contribution in [-0.2, 0) is 13.1 Å². The smallest absolute Gasteiger partial charge is 0.322 e. The van der Waals surface area contributed by atoms with Gasteiger partial charge < -0.3 is 15.6 Å². The van der Waals surface area contributed by atoms with Crippen molar-refractivity contribution in [1.29, 1.82) is 0 Å². The van der Waals surface area contributed by atoms with Crippen LogP contribution in [0.1, 0.15) is 30.0 Å². The van der Waals surface area contributed by atoms with Gasteiger partial charge in [0.2, 0.25) is 0 Å². The number of imide groups is 1. The first kappa shape index (κ1) is 20.3. The Bertz CT molecular complexity index is 1260. The third-order valence-electron chi connectivity index (χ3n) is 4.91. The number of fused-ring (bicyclic) bond motifs is 3. The fraction of sp³-hybridized carbons (Fsp3) is 0.217. The highest BCUT2D eigenvalue weighted by molar-refractivity contribution is 6.06. The van der Waals surface area contributed by atoms with E-state index in [2.05, 4.69) is 39.0 Å². The number of hydrogen-bond acceptors (Lipinski definition) is 5. The predicted molar refractivity (Wildman–Crippen MR) is 120 cm³/mol. The molecular weight excluding hydrogens is 392 g/mol. The van der Waals surface area contributed by atoms with E-state index in [1.807, 2.05) is 24.3 Å². The van der Waals surface area contributed by atoms with Gasteiger partial charge in [0.1, 0.15) is 11.3 Å². The summed E-state index contributed by atoms with van der Waals surface area (Å²) in [6, 6.07) is 15.8. The predicted octanol–water partition coefficient (Wildman–Crippen LogP) is 3.46. The molecule has 0 radical (unpaired) electrons. The third-order valence-corrected chi connectivity index (χ3v) is 4.91. The number of imidazole rings is 1. The van der Waals surface area contributed by atoms with E-state index in [9.17, 15) is 9.59 Å². The van der Waals surface area contributed by atoms with Gasteiger partial charge in [0.25, 0.3) is 5.91 Å². The SMILES string of the molecule is CC(C)Cn1c(CNC(=O)NC(=O)c2ccccc2)nc2c(N)nc3ccccc3c21. The minimum atomic E-state index is -0.590. The van der Waals surface area contributed by atoms with Crippen LogP contribution in [0.3, 0.4) is 0 Å². The van der Waals surface area contributed by atoms with Gasteiger partial charge in [0, 0.05) is 17.5 Å². The normalized spacial score (nSPS) is 11.2. The molecular formula is C23H24N6O2. The zero-order valence-corrected chi connectivity index (χ0v) is 17.4. The molecule has 0 aliphatic heterocycles. The number of nitrogens with two attached hydrogens (primary N) is 1. The summed E-state index contributed by atoms with van der Waals surface area (Å²) in [6.45, 7) is 5.07. The van der Waals surface area contributed by atoms with Crippen molar-refractivity contribution in [3.8, 4) is 0 Å². The Balaban J connectivity index is 1.62. The summed E-state index contributed by atoms with van der Waals surface area (Å²) in [6.07, 6.45) is 0. The van der Waals surface area contributed by atoms with Crippen molar-refractivity contribution in [2.75, 3.05) is 5.73 Å². The Kier molecular flexibility index (Phi) is 5.53. The van der Waals surface area contributed by atoms with Crippen LogP contribution in [-0.4, -0.2) is 26.5 Å². The van der Waals surface area contributed by atoms with Gasteiger partial charge in [-0.15, -0.1) is 0 Å². The molecule has 0 unspecified atom stereocenters. The molecule has 2 aromatic carbocycles. The lowest BCUT2D eigenvalue weighted by atomic mass is 10.1. The zero-order chi connectivity index (χ0) is 22.0. The summed E-state index contributed by atoms with van der Waals surface area (Å²) in [5, 5.41) is 6.02. The first-order chi connectivity index (χ1) is 14.9. The zero-order valence-electron chi connectivity index (χ0n) is 17.4. The number of carbonyl (C=O) groups is 2. The van der Waals surface area contributed by atoms with Gasteiger partial charge in [-0.05, 0) is 24.1 Å². The number of para-hydroxylation sites is 1. The van der Waals surface area contributed by atoms with E-state index in [4.69, 9.17) is 5.73 Å². The van der Waals surface area contributed by atoms with Gasteiger partial charge in [-0.2, -0.15) is 0 Å². The minimum absolute atomic E-state index is 0.142. The number of carbonyl (C=O) groups excluding carboxylic acids is 2. The maximum Gasteiger partial charge on any atom is 0.322 e. The van der Waals surface area contributed by atoms with E-state index in [0.717, 1.165) is 16.4 Å². The lowest BCUT2D eigenvalue weighted by Crippen LogP contribution is -2.39. The Hall–Kier alpha value is -3.94. The van der Waals surface area contributed by atoms with Crippen LogP contribution in [0.4, 0.5) is 10.6 Å². The Morgan fingerprint density at radius 3 is 2.48 bits per heavy atom. The molecule has 2 aromatic heterocycles. The molecule has 4 aromatic rings. The summed E-state index contributed by atoms with van der Waals surface area (Å²) >= 11 is 0. The van der Waals surface area contributed by atoms with Gasteiger partial charge in [-0.1, -0.05) is 50.2 Å². The second kappa shape index (κ2) is 8.43. The molecule has 158 valence electrons. The van der Waals surface area contributed by atoms with Gasteiger partial charge in [-0.25, -0.2) is 14.8 Å². The van der Waals surface area contributed by atoms with E-state index in [-0.39, 0.29) is 6.54 Å². The molecule has 0 aliphatic carbocycles. The number of nitrogens with zero attached hydrogens (tertiary/aromatic N) is 3. The van der Waals surface area contributed by atoms with Gasteiger partial charge in [-0.3, -0.25) is 10.1 Å². The average Bonchev–Trinajstić information content (AvgIpc) is 3.11. The van der Waals surface area contributed by atoms with Crippen molar-refractivity contribution < 1.29 is 9.59 Å². The summed E-state index contributed by atoms with van der Waals surface area (Å²) < 4.78 is 2.07. The van der Waals surface area contributed by atoms with Gasteiger partial charge >= 0.3 is 6.03 Å². The number of amides is 3. The van der Waals surface area contributed by atoms with Crippen LogP contribution in [0.15, 0.2) is 54.6 Å². The third kappa shape index (κ3) is 4.18.